The molecule has 3 heterocycles. The number of Topliss-reactive ketones (excluding diaryl/α,β-unsaturated/α-hetero) is 1. The molecule has 4 N–H and O–H groups in total. The number of benzene rings is 1. The molecule has 162 valence electrons. The zero-order chi connectivity index (χ0) is 22.1. The molecule has 3 aromatic rings. The molecule has 0 fully saturated rings. The van der Waals surface area contributed by atoms with Crippen molar-refractivity contribution in [2.75, 3.05) is 11.9 Å². The number of primary amides is 1. The molecule has 2 atom stereocenters. The largest absolute Gasteiger partial charge is 0.367 e. The Labute approximate surface area is 190 Å². The van der Waals surface area contributed by atoms with E-state index in [2.05, 4.69) is 15.3 Å². The minimum atomic E-state index is -0.405. The van der Waals surface area contributed by atoms with Gasteiger partial charge in [-0.1, -0.05) is 30.0 Å². The molecule has 2 aromatic heterocycles. The van der Waals surface area contributed by atoms with E-state index in [1.165, 1.54) is 11.8 Å². The number of anilines is 2. The third kappa shape index (κ3) is 3.89. The fourth-order valence-corrected chi connectivity index (χ4v) is 5.24. The number of hydrogen-bond donors (Lipinski definition) is 3. The first-order chi connectivity index (χ1) is 15.6. The van der Waals surface area contributed by atoms with Crippen LogP contribution in [0.2, 0.25) is 0 Å². The van der Waals surface area contributed by atoms with E-state index in [-0.39, 0.29) is 17.6 Å². The molecular formula is C24H23N5O2S. The average Bonchev–Trinajstić information content (AvgIpc) is 3.40. The Morgan fingerprint density at radius 2 is 1.97 bits per heavy atom. The van der Waals surface area contributed by atoms with Crippen molar-refractivity contribution in [2.24, 2.45) is 11.7 Å². The zero-order valence-corrected chi connectivity index (χ0v) is 18.1. The Morgan fingerprint density at radius 3 is 2.72 bits per heavy atom. The molecule has 7 nitrogen and oxygen atoms in total. The smallest absolute Gasteiger partial charge is 0.250 e. The number of pyridine rings is 1. The van der Waals surface area contributed by atoms with Gasteiger partial charge >= 0.3 is 0 Å². The quantitative estimate of drug-likeness (QED) is 0.532. The van der Waals surface area contributed by atoms with Crippen molar-refractivity contribution >= 4 is 34.8 Å². The Bertz CT molecular complexity index is 1180. The van der Waals surface area contributed by atoms with E-state index in [0.717, 1.165) is 40.3 Å². The number of carbonyl (C=O) groups is 2. The Balaban J connectivity index is 1.48. The van der Waals surface area contributed by atoms with E-state index in [9.17, 15) is 9.59 Å². The Hall–Kier alpha value is -3.52. The molecule has 0 radical (unpaired) electrons. The summed E-state index contributed by atoms with van der Waals surface area (Å²) in [5.41, 5.74) is 10.7. The topological polar surface area (TPSA) is 104 Å². The summed E-state index contributed by atoms with van der Waals surface area (Å²) in [5.74, 6) is -0.177. The number of aromatic amines is 1. The van der Waals surface area contributed by atoms with Gasteiger partial charge in [0.25, 0.3) is 5.91 Å². The number of nitrogens with one attached hydrogen (secondary N) is 2. The maximum atomic E-state index is 13.3. The first-order valence-corrected chi connectivity index (χ1v) is 11.4. The number of thioether (sulfide) groups is 1. The molecule has 1 amide bonds. The highest BCUT2D eigenvalue weighted by atomic mass is 32.2. The van der Waals surface area contributed by atoms with Crippen molar-refractivity contribution in [1.82, 2.24) is 14.9 Å². The highest BCUT2D eigenvalue weighted by Crippen LogP contribution is 2.40. The summed E-state index contributed by atoms with van der Waals surface area (Å²) in [5, 5.41) is 4.93. The molecule has 5 rings (SSSR count). The third-order valence-electron chi connectivity index (χ3n) is 5.81. The van der Waals surface area contributed by atoms with Crippen molar-refractivity contribution in [2.45, 2.75) is 18.2 Å². The van der Waals surface area contributed by atoms with Crippen molar-refractivity contribution in [1.29, 1.82) is 0 Å². The van der Waals surface area contributed by atoms with Crippen molar-refractivity contribution < 1.29 is 9.59 Å². The summed E-state index contributed by atoms with van der Waals surface area (Å²) in [6.07, 6.45) is 6.52. The van der Waals surface area contributed by atoms with E-state index in [4.69, 9.17) is 5.73 Å². The van der Waals surface area contributed by atoms with Gasteiger partial charge in [0, 0.05) is 48.5 Å². The molecule has 2 unspecified atom stereocenters. The number of aromatic nitrogens is 2. The number of para-hydroxylation sites is 1. The lowest BCUT2D eigenvalue weighted by atomic mass is 9.85. The summed E-state index contributed by atoms with van der Waals surface area (Å²) in [6, 6.07) is 13.7. The summed E-state index contributed by atoms with van der Waals surface area (Å²) >= 11 is 1.40. The highest BCUT2D eigenvalue weighted by Gasteiger charge is 2.34. The number of carbonyl (C=O) groups excluding carboxylic acids is 2. The molecular weight excluding hydrogens is 422 g/mol. The van der Waals surface area contributed by atoms with Crippen LogP contribution in [0.4, 0.5) is 11.4 Å². The normalized spacial score (nSPS) is 19.8. The van der Waals surface area contributed by atoms with Gasteiger partial charge in [-0.3, -0.25) is 14.6 Å². The molecule has 2 aliphatic rings. The van der Waals surface area contributed by atoms with Gasteiger partial charge in [0.05, 0.1) is 16.9 Å². The van der Waals surface area contributed by atoms with Gasteiger partial charge in [0.15, 0.2) is 11.2 Å². The summed E-state index contributed by atoms with van der Waals surface area (Å²) in [7, 11) is 0. The number of nitrogens with two attached hydrogens (primary N) is 1. The van der Waals surface area contributed by atoms with Crippen molar-refractivity contribution in [3.05, 3.63) is 77.7 Å². The second-order valence-corrected chi connectivity index (χ2v) is 9.02. The number of hydrogen-bond acceptors (Lipinski definition) is 6. The second kappa shape index (κ2) is 8.55. The number of amides is 1. The van der Waals surface area contributed by atoms with Crippen LogP contribution in [0, 0.1) is 5.92 Å². The van der Waals surface area contributed by atoms with Gasteiger partial charge < -0.3 is 20.9 Å². The second-order valence-electron chi connectivity index (χ2n) is 8.03. The van der Waals surface area contributed by atoms with Crippen LogP contribution >= 0.6 is 11.8 Å². The molecule has 32 heavy (non-hydrogen) atoms. The maximum Gasteiger partial charge on any atom is 0.250 e. The van der Waals surface area contributed by atoms with E-state index in [0.29, 0.717) is 13.0 Å². The predicted octanol–water partition coefficient (Wildman–Crippen LogP) is 3.90. The molecule has 1 aromatic carbocycles. The van der Waals surface area contributed by atoms with Crippen molar-refractivity contribution in [3.63, 3.8) is 0 Å². The Morgan fingerprint density at radius 1 is 1.19 bits per heavy atom. The van der Waals surface area contributed by atoms with Crippen LogP contribution in [0.1, 0.15) is 22.5 Å². The lowest BCUT2D eigenvalue weighted by molar-refractivity contribution is -0.119. The van der Waals surface area contributed by atoms with Crippen LogP contribution in [0.5, 0.6) is 0 Å². The van der Waals surface area contributed by atoms with Gasteiger partial charge in [-0.2, -0.15) is 0 Å². The van der Waals surface area contributed by atoms with E-state index in [1.54, 1.807) is 12.4 Å². The van der Waals surface area contributed by atoms with Crippen LogP contribution in [0.3, 0.4) is 0 Å². The molecule has 1 aliphatic carbocycles. The summed E-state index contributed by atoms with van der Waals surface area (Å²) in [4.78, 5) is 34.6. The van der Waals surface area contributed by atoms with Crippen LogP contribution in [-0.4, -0.2) is 38.5 Å². The van der Waals surface area contributed by atoms with Crippen LogP contribution < -0.4 is 11.1 Å². The van der Waals surface area contributed by atoms with Gasteiger partial charge in [-0.15, -0.1) is 0 Å². The molecule has 0 saturated carbocycles. The maximum absolute atomic E-state index is 13.3. The van der Waals surface area contributed by atoms with Gasteiger partial charge in [-0.05, 0) is 42.0 Å². The summed E-state index contributed by atoms with van der Waals surface area (Å²) in [6.45, 7) is 0.605. The average molecular weight is 446 g/mol. The Kier molecular flexibility index (Phi) is 5.45. The number of ketones is 1. The number of nitrogens with zero attached hydrogens (tertiary/aromatic N) is 2. The van der Waals surface area contributed by atoms with Crippen LogP contribution in [0.15, 0.2) is 66.5 Å². The highest BCUT2D eigenvalue weighted by molar-refractivity contribution is 8.03. The summed E-state index contributed by atoms with van der Waals surface area (Å²) < 4.78 is 0. The fourth-order valence-electron chi connectivity index (χ4n) is 4.42. The molecule has 0 saturated heterocycles. The standard InChI is InChI=1S/C24H23N5O2S/c25-23(31)24-29(10-11-32-24)14-15-12-18-20(19(30)13-15)22(27-17-4-2-1-3-5-17)21(28-18)16-6-8-26-9-7-16/h1-11,15,24,27-28H,12-14H2,(H2,25,31). The van der Waals surface area contributed by atoms with Crippen molar-refractivity contribution in [3.8, 4) is 11.3 Å². The van der Waals surface area contributed by atoms with Gasteiger partial charge in [-0.25, -0.2) is 0 Å². The van der Waals surface area contributed by atoms with E-state index in [1.807, 2.05) is 59.0 Å². The first kappa shape index (κ1) is 20.4. The number of fused-ring (bicyclic) bond motifs is 1. The third-order valence-corrected chi connectivity index (χ3v) is 6.85. The fraction of sp³-hybridized carbons (Fsp3) is 0.208. The van der Waals surface area contributed by atoms with Gasteiger partial charge in [0.2, 0.25) is 0 Å². The molecule has 1 aliphatic heterocycles. The van der Waals surface area contributed by atoms with Crippen LogP contribution in [-0.2, 0) is 11.2 Å². The zero-order valence-electron chi connectivity index (χ0n) is 17.3. The predicted molar refractivity (Wildman–Crippen MR) is 126 cm³/mol. The lowest BCUT2D eigenvalue weighted by Crippen LogP contribution is -2.40. The lowest BCUT2D eigenvalue weighted by Gasteiger charge is -2.29. The minimum absolute atomic E-state index is 0.0914. The SMILES string of the molecule is NC(=O)C1SC=CN1CC1CC(=O)c2c([nH]c(-c3ccncc3)c2Nc2ccccc2)C1. The number of H-pyrrole nitrogens is 1. The van der Waals surface area contributed by atoms with Gasteiger partial charge in [0.1, 0.15) is 0 Å². The molecule has 0 spiro atoms. The van der Waals surface area contributed by atoms with E-state index >= 15 is 0 Å². The van der Waals surface area contributed by atoms with Crippen LogP contribution in [0.25, 0.3) is 11.3 Å². The molecule has 0 bridgehead atoms. The number of rotatable bonds is 6. The first-order valence-electron chi connectivity index (χ1n) is 10.5. The monoisotopic (exact) mass is 445 g/mol. The minimum Gasteiger partial charge on any atom is -0.367 e. The molecule has 8 heteroatoms. The van der Waals surface area contributed by atoms with E-state index < -0.39 is 5.37 Å².